The molecule has 0 aliphatic carbocycles. The second kappa shape index (κ2) is 7.64. The van der Waals surface area contributed by atoms with Crippen molar-refractivity contribution in [3.8, 4) is 22.9 Å². The van der Waals surface area contributed by atoms with Crippen molar-refractivity contribution >= 4 is 21.4 Å². The normalized spacial score (nSPS) is 11.4. The number of halogens is 1. The summed E-state index contributed by atoms with van der Waals surface area (Å²) in [6.07, 6.45) is 1.71. The SMILES string of the molecule is COc1ccc2nc(-c3cccc(NS(=O)(=O)c4ccc(OC)c(F)c4)c3)cn2n1. The first-order valence-electron chi connectivity index (χ1n) is 8.77. The van der Waals surface area contributed by atoms with Gasteiger partial charge < -0.3 is 9.47 Å². The fraction of sp³-hybridized carbons (Fsp3) is 0.100. The lowest BCUT2D eigenvalue weighted by molar-refractivity contribution is 0.385. The molecule has 0 aliphatic heterocycles. The molecule has 2 aromatic carbocycles. The number of nitrogens with one attached hydrogen (secondary N) is 1. The Labute approximate surface area is 172 Å². The van der Waals surface area contributed by atoms with Crippen LogP contribution in [0.1, 0.15) is 0 Å². The predicted octanol–water partition coefficient (Wildman–Crippen LogP) is 3.35. The van der Waals surface area contributed by atoms with Crippen LogP contribution in [0.4, 0.5) is 10.1 Å². The van der Waals surface area contributed by atoms with Crippen LogP contribution in [-0.4, -0.2) is 37.2 Å². The number of methoxy groups -OCH3 is 2. The number of nitrogens with zero attached hydrogens (tertiary/aromatic N) is 3. The Morgan fingerprint density at radius 3 is 2.60 bits per heavy atom. The highest BCUT2D eigenvalue weighted by molar-refractivity contribution is 7.92. The highest BCUT2D eigenvalue weighted by Crippen LogP contribution is 2.26. The van der Waals surface area contributed by atoms with Crippen LogP contribution < -0.4 is 14.2 Å². The zero-order valence-electron chi connectivity index (χ0n) is 16.0. The maximum atomic E-state index is 13.9. The van der Waals surface area contributed by atoms with E-state index in [9.17, 15) is 12.8 Å². The highest BCUT2D eigenvalue weighted by Gasteiger charge is 2.17. The van der Waals surface area contributed by atoms with E-state index in [4.69, 9.17) is 9.47 Å². The number of ether oxygens (including phenoxy) is 2. The van der Waals surface area contributed by atoms with Crippen LogP contribution in [0.15, 0.2) is 65.7 Å². The van der Waals surface area contributed by atoms with Gasteiger partial charge in [0.2, 0.25) is 5.88 Å². The van der Waals surface area contributed by atoms with E-state index in [1.54, 1.807) is 47.1 Å². The molecule has 2 aromatic heterocycles. The molecular formula is C20H17FN4O4S. The van der Waals surface area contributed by atoms with E-state index >= 15 is 0 Å². The standard InChI is InChI=1S/C20H17FN4O4S/c1-28-18-7-6-15(11-16(18)21)30(26,27)24-14-5-3-4-13(10-14)17-12-25-19(22-17)8-9-20(23-25)29-2/h3-12,24H,1-2H3. The van der Waals surface area contributed by atoms with E-state index in [0.717, 1.165) is 6.07 Å². The van der Waals surface area contributed by atoms with Gasteiger partial charge in [-0.15, -0.1) is 5.10 Å². The molecule has 0 spiro atoms. The quantitative estimate of drug-likeness (QED) is 0.506. The third-order valence-corrected chi connectivity index (χ3v) is 5.73. The molecule has 0 radical (unpaired) electrons. The van der Waals surface area contributed by atoms with E-state index in [1.807, 2.05) is 0 Å². The summed E-state index contributed by atoms with van der Waals surface area (Å²) >= 11 is 0. The second-order valence-electron chi connectivity index (χ2n) is 6.29. The van der Waals surface area contributed by atoms with Crippen molar-refractivity contribution in [2.45, 2.75) is 4.90 Å². The molecule has 30 heavy (non-hydrogen) atoms. The van der Waals surface area contributed by atoms with E-state index in [0.29, 0.717) is 28.5 Å². The summed E-state index contributed by atoms with van der Waals surface area (Å²) in [5, 5.41) is 4.26. The summed E-state index contributed by atoms with van der Waals surface area (Å²) in [7, 11) is -1.16. The predicted molar refractivity (Wildman–Crippen MR) is 109 cm³/mol. The van der Waals surface area contributed by atoms with E-state index in [1.165, 1.54) is 26.4 Å². The largest absolute Gasteiger partial charge is 0.494 e. The van der Waals surface area contributed by atoms with E-state index < -0.39 is 15.8 Å². The van der Waals surface area contributed by atoms with E-state index in [-0.39, 0.29) is 10.6 Å². The zero-order chi connectivity index (χ0) is 21.3. The number of sulfonamides is 1. The van der Waals surface area contributed by atoms with Crippen LogP contribution in [0.2, 0.25) is 0 Å². The lowest BCUT2D eigenvalue weighted by Crippen LogP contribution is -2.13. The number of anilines is 1. The van der Waals surface area contributed by atoms with Gasteiger partial charge in [0.25, 0.3) is 10.0 Å². The molecule has 0 atom stereocenters. The minimum Gasteiger partial charge on any atom is -0.494 e. The molecule has 0 amide bonds. The van der Waals surface area contributed by atoms with Crippen LogP contribution in [0.25, 0.3) is 16.9 Å². The summed E-state index contributed by atoms with van der Waals surface area (Å²) < 4.78 is 53.2. The number of hydrogen-bond acceptors (Lipinski definition) is 6. The Balaban J connectivity index is 1.64. The molecule has 8 nitrogen and oxygen atoms in total. The van der Waals surface area contributed by atoms with Crippen molar-refractivity contribution < 1.29 is 22.3 Å². The van der Waals surface area contributed by atoms with Gasteiger partial charge in [0.15, 0.2) is 17.2 Å². The fourth-order valence-corrected chi connectivity index (χ4v) is 3.94. The monoisotopic (exact) mass is 428 g/mol. The lowest BCUT2D eigenvalue weighted by atomic mass is 10.1. The van der Waals surface area contributed by atoms with Crippen molar-refractivity contribution in [3.63, 3.8) is 0 Å². The number of fused-ring (bicyclic) bond motifs is 1. The molecule has 2 heterocycles. The molecule has 4 aromatic rings. The Morgan fingerprint density at radius 1 is 1.03 bits per heavy atom. The maximum absolute atomic E-state index is 13.9. The van der Waals surface area contributed by atoms with Gasteiger partial charge in [-0.3, -0.25) is 4.72 Å². The van der Waals surface area contributed by atoms with E-state index in [2.05, 4.69) is 14.8 Å². The Bertz CT molecular complexity index is 1340. The summed E-state index contributed by atoms with van der Waals surface area (Å²) in [6, 6.07) is 13.6. The molecule has 10 heteroatoms. The highest BCUT2D eigenvalue weighted by atomic mass is 32.2. The Hall–Kier alpha value is -3.66. The van der Waals surface area contributed by atoms with Crippen molar-refractivity contribution in [2.24, 2.45) is 0 Å². The smallest absolute Gasteiger partial charge is 0.262 e. The van der Waals surface area contributed by atoms with Crippen molar-refractivity contribution in [1.82, 2.24) is 14.6 Å². The van der Waals surface area contributed by atoms with Gasteiger partial charge in [-0.2, -0.15) is 0 Å². The number of rotatable bonds is 6. The molecule has 154 valence electrons. The molecular weight excluding hydrogens is 411 g/mol. The lowest BCUT2D eigenvalue weighted by Gasteiger charge is -2.10. The van der Waals surface area contributed by atoms with Gasteiger partial charge in [-0.1, -0.05) is 12.1 Å². The molecule has 0 saturated heterocycles. The maximum Gasteiger partial charge on any atom is 0.262 e. The number of benzene rings is 2. The van der Waals surface area contributed by atoms with Crippen molar-refractivity contribution in [1.29, 1.82) is 0 Å². The van der Waals surface area contributed by atoms with Crippen molar-refractivity contribution in [2.75, 3.05) is 18.9 Å². The van der Waals surface area contributed by atoms with Crippen molar-refractivity contribution in [3.05, 3.63) is 66.6 Å². The van der Waals surface area contributed by atoms with Gasteiger partial charge in [0.1, 0.15) is 0 Å². The molecule has 0 fully saturated rings. The average molecular weight is 428 g/mol. The van der Waals surface area contributed by atoms with Crippen LogP contribution in [0, 0.1) is 5.82 Å². The molecule has 0 bridgehead atoms. The average Bonchev–Trinajstić information content (AvgIpc) is 3.17. The van der Waals surface area contributed by atoms with Crippen LogP contribution in [0.5, 0.6) is 11.6 Å². The molecule has 1 N–H and O–H groups in total. The summed E-state index contributed by atoms with van der Waals surface area (Å²) in [4.78, 5) is 4.28. The van der Waals surface area contributed by atoms with Crippen LogP contribution >= 0.6 is 0 Å². The fourth-order valence-electron chi connectivity index (χ4n) is 2.88. The Morgan fingerprint density at radius 2 is 1.87 bits per heavy atom. The number of hydrogen-bond donors (Lipinski definition) is 1. The minimum atomic E-state index is -3.99. The van der Waals surface area contributed by atoms with Gasteiger partial charge in [-0.05, 0) is 36.4 Å². The zero-order valence-corrected chi connectivity index (χ0v) is 16.9. The first kappa shape index (κ1) is 19.6. The first-order chi connectivity index (χ1) is 14.4. The summed E-state index contributed by atoms with van der Waals surface area (Å²) in [5.41, 5.74) is 2.21. The van der Waals surface area contributed by atoms with Crippen LogP contribution in [-0.2, 0) is 10.0 Å². The number of imidazole rings is 1. The topological polar surface area (TPSA) is 94.8 Å². The van der Waals surface area contributed by atoms with Gasteiger partial charge in [-0.25, -0.2) is 22.3 Å². The molecule has 0 saturated carbocycles. The third kappa shape index (κ3) is 3.77. The van der Waals surface area contributed by atoms with Gasteiger partial charge in [0, 0.05) is 17.3 Å². The number of aromatic nitrogens is 3. The second-order valence-corrected chi connectivity index (χ2v) is 7.97. The summed E-state index contributed by atoms with van der Waals surface area (Å²) in [6.45, 7) is 0. The first-order valence-corrected chi connectivity index (χ1v) is 10.2. The third-order valence-electron chi connectivity index (χ3n) is 4.35. The molecule has 0 unspecified atom stereocenters. The van der Waals surface area contributed by atoms with Gasteiger partial charge in [0.05, 0.1) is 31.0 Å². The Kier molecular flexibility index (Phi) is 5.00. The molecule has 0 aliphatic rings. The van der Waals surface area contributed by atoms with Crippen LogP contribution in [0.3, 0.4) is 0 Å². The van der Waals surface area contributed by atoms with Gasteiger partial charge >= 0.3 is 0 Å². The molecule has 4 rings (SSSR count). The summed E-state index contributed by atoms with van der Waals surface area (Å²) in [5.74, 6) is -0.352. The minimum absolute atomic E-state index is 0.0342.